The molecule has 0 aliphatic rings. The Morgan fingerprint density at radius 1 is 1.05 bits per heavy atom. The Balaban J connectivity index is 1.78. The lowest BCUT2D eigenvalue weighted by atomic mass is 10.1. The van der Waals surface area contributed by atoms with Crippen LogP contribution in [-0.4, -0.2) is 32.4 Å². The fourth-order valence-corrected chi connectivity index (χ4v) is 1.95. The Morgan fingerprint density at radius 3 is 2.55 bits per heavy atom. The molecule has 0 aromatic heterocycles. The van der Waals surface area contributed by atoms with Gasteiger partial charge in [-0.15, -0.1) is 0 Å². The van der Waals surface area contributed by atoms with Crippen molar-refractivity contribution in [2.75, 3.05) is 26.4 Å². The Hall–Kier alpha value is -2.58. The molecule has 0 radical (unpaired) electrons. The standard InChI is InChI=1S/C17H17NO4/c1-13(19)21-8-6-20-7-9-22-17-5-4-15-10-14(12-18)2-3-16(15)11-17/h2-5,10-11H,6-9H2,1H3. The van der Waals surface area contributed by atoms with Gasteiger partial charge in [-0.05, 0) is 35.0 Å². The first-order chi connectivity index (χ1) is 10.7. The van der Waals surface area contributed by atoms with Gasteiger partial charge in [0.25, 0.3) is 0 Å². The van der Waals surface area contributed by atoms with Crippen LogP contribution in [0.25, 0.3) is 10.8 Å². The molecule has 5 nitrogen and oxygen atoms in total. The number of nitrogens with zero attached hydrogens (tertiary/aromatic N) is 1. The van der Waals surface area contributed by atoms with Gasteiger partial charge in [-0.1, -0.05) is 12.1 Å². The molecule has 0 spiro atoms. The lowest BCUT2D eigenvalue weighted by Crippen LogP contribution is -2.12. The third-order valence-corrected chi connectivity index (χ3v) is 2.97. The van der Waals surface area contributed by atoms with Gasteiger partial charge in [0.15, 0.2) is 0 Å². The summed E-state index contributed by atoms with van der Waals surface area (Å²) in [5, 5.41) is 10.9. The summed E-state index contributed by atoms with van der Waals surface area (Å²) in [5.41, 5.74) is 0.641. The molecule has 5 heteroatoms. The molecule has 0 bridgehead atoms. The fourth-order valence-electron chi connectivity index (χ4n) is 1.95. The van der Waals surface area contributed by atoms with E-state index in [1.807, 2.05) is 30.3 Å². The summed E-state index contributed by atoms with van der Waals surface area (Å²) in [5.74, 6) is 0.441. The van der Waals surface area contributed by atoms with E-state index >= 15 is 0 Å². The molecule has 0 heterocycles. The van der Waals surface area contributed by atoms with Gasteiger partial charge >= 0.3 is 5.97 Å². The largest absolute Gasteiger partial charge is 0.491 e. The van der Waals surface area contributed by atoms with Gasteiger partial charge in [0.2, 0.25) is 0 Å². The van der Waals surface area contributed by atoms with Crippen molar-refractivity contribution in [3.05, 3.63) is 42.0 Å². The van der Waals surface area contributed by atoms with Gasteiger partial charge < -0.3 is 14.2 Å². The number of esters is 1. The van der Waals surface area contributed by atoms with Crippen LogP contribution < -0.4 is 4.74 Å². The lowest BCUT2D eigenvalue weighted by Gasteiger charge is -2.08. The van der Waals surface area contributed by atoms with Crippen molar-refractivity contribution in [2.24, 2.45) is 0 Å². The van der Waals surface area contributed by atoms with Crippen molar-refractivity contribution < 1.29 is 19.0 Å². The minimum absolute atomic E-state index is 0.256. The monoisotopic (exact) mass is 299 g/mol. The van der Waals surface area contributed by atoms with Crippen LogP contribution >= 0.6 is 0 Å². The van der Waals surface area contributed by atoms with E-state index in [9.17, 15) is 4.79 Å². The minimum Gasteiger partial charge on any atom is -0.491 e. The highest BCUT2D eigenvalue weighted by Crippen LogP contribution is 2.21. The van der Waals surface area contributed by atoms with Gasteiger partial charge in [0.05, 0.1) is 24.8 Å². The van der Waals surface area contributed by atoms with Crippen LogP contribution in [-0.2, 0) is 14.3 Å². The van der Waals surface area contributed by atoms with Crippen LogP contribution in [0, 0.1) is 11.3 Å². The summed E-state index contributed by atoms with van der Waals surface area (Å²) in [6.45, 7) is 2.82. The first-order valence-corrected chi connectivity index (χ1v) is 6.97. The van der Waals surface area contributed by atoms with Gasteiger partial charge in [-0.2, -0.15) is 5.26 Å². The van der Waals surface area contributed by atoms with Crippen LogP contribution in [0.2, 0.25) is 0 Å². The van der Waals surface area contributed by atoms with Gasteiger partial charge in [0.1, 0.15) is 19.0 Å². The zero-order valence-electron chi connectivity index (χ0n) is 12.4. The number of benzene rings is 2. The number of ether oxygens (including phenoxy) is 3. The number of nitriles is 1. The van der Waals surface area contributed by atoms with Crippen LogP contribution in [0.4, 0.5) is 0 Å². The molecule has 2 rings (SSSR count). The quantitative estimate of drug-likeness (QED) is 0.581. The van der Waals surface area contributed by atoms with Gasteiger partial charge in [0, 0.05) is 6.92 Å². The van der Waals surface area contributed by atoms with E-state index < -0.39 is 0 Å². The summed E-state index contributed by atoms with van der Waals surface area (Å²) in [7, 11) is 0. The van der Waals surface area contributed by atoms with Crippen molar-refractivity contribution in [1.29, 1.82) is 5.26 Å². The second kappa shape index (κ2) is 8.01. The summed E-state index contributed by atoms with van der Waals surface area (Å²) in [6, 6.07) is 13.4. The maximum atomic E-state index is 10.5. The van der Waals surface area contributed by atoms with E-state index in [0.717, 1.165) is 16.5 Å². The van der Waals surface area contributed by atoms with Crippen LogP contribution in [0.3, 0.4) is 0 Å². The van der Waals surface area contributed by atoms with Crippen molar-refractivity contribution >= 4 is 16.7 Å². The summed E-state index contributed by atoms with van der Waals surface area (Å²) in [6.07, 6.45) is 0. The summed E-state index contributed by atoms with van der Waals surface area (Å²) >= 11 is 0. The molecule has 2 aromatic carbocycles. The van der Waals surface area contributed by atoms with Gasteiger partial charge in [-0.25, -0.2) is 0 Å². The van der Waals surface area contributed by atoms with Crippen molar-refractivity contribution in [1.82, 2.24) is 0 Å². The number of hydrogen-bond donors (Lipinski definition) is 0. The highest BCUT2D eigenvalue weighted by atomic mass is 16.6. The SMILES string of the molecule is CC(=O)OCCOCCOc1ccc2cc(C#N)ccc2c1. The number of fused-ring (bicyclic) bond motifs is 1. The highest BCUT2D eigenvalue weighted by Gasteiger charge is 2.00. The third-order valence-electron chi connectivity index (χ3n) is 2.97. The van der Waals surface area contributed by atoms with E-state index in [-0.39, 0.29) is 12.6 Å². The Morgan fingerprint density at radius 2 is 1.77 bits per heavy atom. The molecule has 0 N–H and O–H groups in total. The molecule has 0 saturated heterocycles. The number of carbonyl (C=O) groups is 1. The predicted molar refractivity (Wildman–Crippen MR) is 81.6 cm³/mol. The molecule has 0 unspecified atom stereocenters. The third kappa shape index (κ3) is 4.76. The second-order valence-corrected chi connectivity index (χ2v) is 4.64. The first kappa shape index (κ1) is 15.8. The van der Waals surface area contributed by atoms with Crippen molar-refractivity contribution in [3.8, 4) is 11.8 Å². The minimum atomic E-state index is -0.310. The Kier molecular flexibility index (Phi) is 5.75. The van der Waals surface area contributed by atoms with E-state index in [1.54, 1.807) is 6.07 Å². The second-order valence-electron chi connectivity index (χ2n) is 4.64. The number of rotatable bonds is 7. The van der Waals surface area contributed by atoms with Crippen molar-refractivity contribution in [2.45, 2.75) is 6.92 Å². The van der Waals surface area contributed by atoms with E-state index in [2.05, 4.69) is 6.07 Å². The average molecular weight is 299 g/mol. The normalized spacial score (nSPS) is 10.2. The summed E-state index contributed by atoms with van der Waals surface area (Å²) in [4.78, 5) is 10.5. The summed E-state index contributed by atoms with van der Waals surface area (Å²) < 4.78 is 15.6. The fraction of sp³-hybridized carbons (Fsp3) is 0.294. The van der Waals surface area contributed by atoms with Crippen LogP contribution in [0.1, 0.15) is 12.5 Å². The molecule has 0 aliphatic carbocycles. The first-order valence-electron chi connectivity index (χ1n) is 6.97. The smallest absolute Gasteiger partial charge is 0.302 e. The number of carbonyl (C=O) groups excluding carboxylic acids is 1. The molecule has 0 aliphatic heterocycles. The predicted octanol–water partition coefficient (Wildman–Crippen LogP) is 2.67. The molecule has 0 amide bonds. The molecule has 0 saturated carbocycles. The topological polar surface area (TPSA) is 68.6 Å². The van der Waals surface area contributed by atoms with E-state index in [1.165, 1.54) is 6.92 Å². The zero-order chi connectivity index (χ0) is 15.8. The van der Waals surface area contributed by atoms with E-state index in [0.29, 0.717) is 25.4 Å². The lowest BCUT2D eigenvalue weighted by molar-refractivity contribution is -0.142. The zero-order valence-corrected chi connectivity index (χ0v) is 12.4. The van der Waals surface area contributed by atoms with Gasteiger partial charge in [-0.3, -0.25) is 4.79 Å². The van der Waals surface area contributed by atoms with Crippen molar-refractivity contribution in [3.63, 3.8) is 0 Å². The molecule has 22 heavy (non-hydrogen) atoms. The molecular weight excluding hydrogens is 282 g/mol. The molecule has 2 aromatic rings. The van der Waals surface area contributed by atoms with Crippen LogP contribution in [0.5, 0.6) is 5.75 Å². The molecule has 0 fully saturated rings. The van der Waals surface area contributed by atoms with Crippen LogP contribution in [0.15, 0.2) is 36.4 Å². The molecule has 0 atom stereocenters. The molecule has 114 valence electrons. The highest BCUT2D eigenvalue weighted by molar-refractivity contribution is 5.85. The Bertz CT molecular complexity index is 691. The van der Waals surface area contributed by atoms with E-state index in [4.69, 9.17) is 19.5 Å². The molecular formula is C17H17NO4. The average Bonchev–Trinajstić information content (AvgIpc) is 2.53. The maximum Gasteiger partial charge on any atom is 0.302 e. The maximum absolute atomic E-state index is 10.5. The number of hydrogen-bond acceptors (Lipinski definition) is 5. The Labute approximate surface area is 129 Å².